The monoisotopic (exact) mass is 530 g/mol. The molecule has 1 fully saturated rings. The van der Waals surface area contributed by atoms with Gasteiger partial charge in [-0.2, -0.15) is 0 Å². The number of rotatable bonds is 11. The van der Waals surface area contributed by atoms with Crippen LogP contribution in [0.2, 0.25) is 0 Å². The molecule has 2 N–H and O–H groups in total. The molecule has 198 valence electrons. The van der Waals surface area contributed by atoms with E-state index in [9.17, 15) is 23.8 Å². The number of aliphatic hydroxyl groups excluding tert-OH is 1. The number of hydrogen-bond acceptors (Lipinski definition) is 6. The van der Waals surface area contributed by atoms with Crippen molar-refractivity contribution >= 4 is 28.6 Å². The lowest BCUT2D eigenvalue weighted by Gasteiger charge is -2.37. The summed E-state index contributed by atoms with van der Waals surface area (Å²) in [6.45, 7) is 1.98. The van der Waals surface area contributed by atoms with E-state index in [2.05, 4.69) is 9.88 Å². The Morgan fingerprint density at radius 3 is 2.73 bits per heavy atom. The Morgan fingerprint density at radius 2 is 2.00 bits per heavy atom. The second-order valence-electron chi connectivity index (χ2n) is 9.48. The molecular weight excluding hydrogens is 498 g/mol. The quantitative estimate of drug-likeness (QED) is 0.249. The molecule has 0 bridgehead atoms. The van der Waals surface area contributed by atoms with Crippen molar-refractivity contribution in [3.05, 3.63) is 65.9 Å². The van der Waals surface area contributed by atoms with Crippen LogP contribution in [0.1, 0.15) is 37.4 Å². The van der Waals surface area contributed by atoms with Crippen LogP contribution in [-0.2, 0) is 4.79 Å². The third kappa shape index (κ3) is 7.18. The molecule has 1 aliphatic heterocycles. The highest BCUT2D eigenvalue weighted by Crippen LogP contribution is 2.34. The van der Waals surface area contributed by atoms with E-state index in [0.29, 0.717) is 35.8 Å². The van der Waals surface area contributed by atoms with Gasteiger partial charge in [0.15, 0.2) is 0 Å². The second kappa shape index (κ2) is 12.7. The molecule has 1 aliphatic rings. The largest absolute Gasteiger partial charge is 0.497 e. The summed E-state index contributed by atoms with van der Waals surface area (Å²) in [7, 11) is 1.59. The average Bonchev–Trinajstić information content (AvgIpc) is 2.88. The Kier molecular flexibility index (Phi) is 9.34. The molecule has 9 heteroatoms. The van der Waals surface area contributed by atoms with Crippen molar-refractivity contribution < 1.29 is 28.5 Å². The van der Waals surface area contributed by atoms with E-state index >= 15 is 0 Å². The minimum absolute atomic E-state index is 0.0179. The Balaban J connectivity index is 1.29. The number of benzene rings is 2. The molecular formula is C28H32F2N2O4S. The standard InChI is InChI=1S/C28H32F2N2O4S/c1-36-21-4-5-26-24(16-21)23(7-9-31-26)27(33)6-3-18-8-11-32(17-25(18)28(34)35)10-2-12-37-22-14-19(29)13-20(30)15-22/h4-5,7,9,13-16,18,25,27,33H,2-3,6,8,10-12,17H2,1H3,(H,34,35)/t18-,25+,27-/m1/s1. The number of ether oxygens (including phenoxy) is 1. The number of aromatic nitrogens is 1. The number of carboxylic acids is 1. The molecule has 0 saturated carbocycles. The molecule has 1 saturated heterocycles. The highest BCUT2D eigenvalue weighted by molar-refractivity contribution is 7.99. The molecule has 0 unspecified atom stereocenters. The van der Waals surface area contributed by atoms with Crippen LogP contribution in [0.3, 0.4) is 0 Å². The summed E-state index contributed by atoms with van der Waals surface area (Å²) in [4.78, 5) is 19.1. The van der Waals surface area contributed by atoms with E-state index in [1.54, 1.807) is 19.4 Å². The average molecular weight is 531 g/mol. The van der Waals surface area contributed by atoms with Gasteiger partial charge in [0.2, 0.25) is 0 Å². The number of hydrogen-bond donors (Lipinski definition) is 2. The van der Waals surface area contributed by atoms with Crippen molar-refractivity contribution in [3.8, 4) is 5.75 Å². The molecule has 0 amide bonds. The van der Waals surface area contributed by atoms with E-state index in [0.717, 1.165) is 48.5 Å². The van der Waals surface area contributed by atoms with Gasteiger partial charge in [-0.15, -0.1) is 11.8 Å². The number of aliphatic carboxylic acids is 1. The number of nitrogens with zero attached hydrogens (tertiary/aromatic N) is 2. The van der Waals surface area contributed by atoms with E-state index in [1.807, 2.05) is 18.2 Å². The van der Waals surface area contributed by atoms with Gasteiger partial charge in [0.05, 0.1) is 24.6 Å². The van der Waals surface area contributed by atoms with Crippen LogP contribution < -0.4 is 4.74 Å². The summed E-state index contributed by atoms with van der Waals surface area (Å²) in [5.41, 5.74) is 1.54. The number of carboxylic acid groups (broad SMARTS) is 1. The number of aliphatic hydroxyl groups is 1. The molecule has 4 rings (SSSR count). The number of fused-ring (bicyclic) bond motifs is 1. The lowest BCUT2D eigenvalue weighted by atomic mass is 9.81. The van der Waals surface area contributed by atoms with Crippen molar-refractivity contribution in [2.75, 3.05) is 32.5 Å². The van der Waals surface area contributed by atoms with Gasteiger partial charge in [-0.25, -0.2) is 8.78 Å². The summed E-state index contributed by atoms with van der Waals surface area (Å²) in [6, 6.07) is 10.9. The topological polar surface area (TPSA) is 82.9 Å². The first-order valence-corrected chi connectivity index (χ1v) is 13.5. The van der Waals surface area contributed by atoms with Crippen molar-refractivity contribution in [2.24, 2.45) is 11.8 Å². The highest BCUT2D eigenvalue weighted by atomic mass is 32.2. The molecule has 2 aromatic carbocycles. The number of methoxy groups -OCH3 is 1. The van der Waals surface area contributed by atoms with Gasteiger partial charge < -0.3 is 19.8 Å². The van der Waals surface area contributed by atoms with Crippen LogP contribution in [0.15, 0.2) is 53.6 Å². The lowest BCUT2D eigenvalue weighted by molar-refractivity contribution is -0.146. The van der Waals surface area contributed by atoms with Crippen LogP contribution in [0.4, 0.5) is 8.78 Å². The fraction of sp³-hybridized carbons (Fsp3) is 0.429. The summed E-state index contributed by atoms with van der Waals surface area (Å²) in [6.07, 6.45) is 3.56. The van der Waals surface area contributed by atoms with E-state index in [-0.39, 0.29) is 5.92 Å². The lowest BCUT2D eigenvalue weighted by Crippen LogP contribution is -2.44. The highest BCUT2D eigenvalue weighted by Gasteiger charge is 2.34. The van der Waals surface area contributed by atoms with Crippen LogP contribution in [-0.4, -0.2) is 58.6 Å². The predicted octanol–water partition coefficient (Wildman–Crippen LogP) is 5.54. The maximum Gasteiger partial charge on any atom is 0.308 e. The first kappa shape index (κ1) is 27.3. The molecule has 3 aromatic rings. The number of piperidine rings is 1. The van der Waals surface area contributed by atoms with Gasteiger partial charge >= 0.3 is 5.97 Å². The van der Waals surface area contributed by atoms with Gasteiger partial charge in [0.1, 0.15) is 17.4 Å². The van der Waals surface area contributed by atoms with Gasteiger partial charge in [-0.05, 0) is 92.4 Å². The maximum atomic E-state index is 13.4. The van der Waals surface area contributed by atoms with Gasteiger partial charge in [0.25, 0.3) is 0 Å². The summed E-state index contributed by atoms with van der Waals surface area (Å²) >= 11 is 1.39. The van der Waals surface area contributed by atoms with Crippen molar-refractivity contribution in [3.63, 3.8) is 0 Å². The molecule has 37 heavy (non-hydrogen) atoms. The minimum atomic E-state index is -0.812. The fourth-order valence-electron chi connectivity index (χ4n) is 5.08. The zero-order valence-electron chi connectivity index (χ0n) is 20.8. The maximum absolute atomic E-state index is 13.4. The first-order chi connectivity index (χ1) is 17.8. The molecule has 0 radical (unpaired) electrons. The second-order valence-corrected chi connectivity index (χ2v) is 10.6. The van der Waals surface area contributed by atoms with Crippen LogP contribution in [0.25, 0.3) is 10.9 Å². The number of carbonyl (C=O) groups is 1. The SMILES string of the molecule is COc1ccc2nccc([C@H](O)CC[C@@H]3CCN(CCCSc4cc(F)cc(F)c4)C[C@@H]3C(=O)O)c2c1. The minimum Gasteiger partial charge on any atom is -0.497 e. The summed E-state index contributed by atoms with van der Waals surface area (Å²) in [5.74, 6) is -1.12. The Labute approximate surface area is 219 Å². The van der Waals surface area contributed by atoms with E-state index in [4.69, 9.17) is 4.74 Å². The van der Waals surface area contributed by atoms with Crippen LogP contribution in [0.5, 0.6) is 5.75 Å². The molecule has 3 atom stereocenters. The summed E-state index contributed by atoms with van der Waals surface area (Å²) in [5, 5.41) is 21.7. The van der Waals surface area contributed by atoms with Gasteiger partial charge in [-0.1, -0.05) is 0 Å². The number of likely N-dealkylation sites (tertiary alicyclic amines) is 1. The third-order valence-electron chi connectivity index (χ3n) is 7.03. The Hall–Kier alpha value is -2.75. The molecule has 0 aliphatic carbocycles. The fourth-order valence-corrected chi connectivity index (χ4v) is 5.98. The normalized spacial score (nSPS) is 19.1. The third-order valence-corrected chi connectivity index (χ3v) is 8.09. The number of thioether (sulfide) groups is 1. The number of halogens is 2. The Bertz CT molecular complexity index is 1210. The molecule has 6 nitrogen and oxygen atoms in total. The number of pyridine rings is 1. The molecule has 0 spiro atoms. The van der Waals surface area contributed by atoms with Crippen molar-refractivity contribution in [1.29, 1.82) is 0 Å². The van der Waals surface area contributed by atoms with Crippen LogP contribution in [0, 0.1) is 23.5 Å². The van der Waals surface area contributed by atoms with E-state index in [1.165, 1.54) is 23.9 Å². The van der Waals surface area contributed by atoms with Gasteiger partial charge in [0, 0.05) is 29.1 Å². The Morgan fingerprint density at radius 1 is 1.22 bits per heavy atom. The zero-order valence-corrected chi connectivity index (χ0v) is 21.6. The zero-order chi connectivity index (χ0) is 26.4. The molecule has 2 heterocycles. The van der Waals surface area contributed by atoms with Gasteiger partial charge in [-0.3, -0.25) is 9.78 Å². The van der Waals surface area contributed by atoms with Crippen LogP contribution >= 0.6 is 11.8 Å². The molecule has 1 aromatic heterocycles. The van der Waals surface area contributed by atoms with Crippen molar-refractivity contribution in [1.82, 2.24) is 9.88 Å². The summed E-state index contributed by atoms with van der Waals surface area (Å²) < 4.78 is 32.0. The first-order valence-electron chi connectivity index (χ1n) is 12.5. The smallest absolute Gasteiger partial charge is 0.308 e. The van der Waals surface area contributed by atoms with E-state index < -0.39 is 29.6 Å². The van der Waals surface area contributed by atoms with Crippen molar-refractivity contribution in [2.45, 2.75) is 36.7 Å². The predicted molar refractivity (Wildman–Crippen MR) is 140 cm³/mol.